The van der Waals surface area contributed by atoms with Crippen LogP contribution in [0.2, 0.25) is 0 Å². The van der Waals surface area contributed by atoms with Gasteiger partial charge in [-0.05, 0) is 20.0 Å². The van der Waals surface area contributed by atoms with E-state index in [0.717, 1.165) is 19.5 Å². The van der Waals surface area contributed by atoms with Crippen LogP contribution in [0.5, 0.6) is 0 Å². The minimum atomic E-state index is -1.44. The summed E-state index contributed by atoms with van der Waals surface area (Å²) in [6.45, 7) is 1.72. The van der Waals surface area contributed by atoms with Gasteiger partial charge in [0.2, 0.25) is 3.79 Å². The molecular weight excluding hydrogens is 244 g/mol. The van der Waals surface area contributed by atoms with E-state index in [2.05, 4.69) is 10.3 Å². The predicted molar refractivity (Wildman–Crippen MR) is 60.0 cm³/mol. The smallest absolute Gasteiger partial charge is 0.248 e. The Morgan fingerprint density at radius 3 is 2.79 bits per heavy atom. The molecule has 80 valence electrons. The average molecular weight is 257 g/mol. The summed E-state index contributed by atoms with van der Waals surface area (Å²) >= 11 is 17.2. The minimum Gasteiger partial charge on any atom is -0.331 e. The molecule has 0 amide bonds. The third kappa shape index (κ3) is 3.31. The van der Waals surface area contributed by atoms with Gasteiger partial charge in [0, 0.05) is 18.9 Å². The molecule has 0 aliphatic heterocycles. The van der Waals surface area contributed by atoms with Crippen molar-refractivity contribution in [2.45, 2.75) is 16.8 Å². The summed E-state index contributed by atoms with van der Waals surface area (Å²) in [6.07, 6.45) is 4.42. The first kappa shape index (κ1) is 12.1. The summed E-state index contributed by atoms with van der Waals surface area (Å²) in [6, 6.07) is 0. The van der Waals surface area contributed by atoms with Crippen LogP contribution in [0, 0.1) is 0 Å². The summed E-state index contributed by atoms with van der Waals surface area (Å²) in [4.78, 5) is 4.01. The van der Waals surface area contributed by atoms with Gasteiger partial charge in [0.15, 0.2) is 5.82 Å². The van der Waals surface area contributed by atoms with E-state index < -0.39 is 3.79 Å². The Morgan fingerprint density at radius 2 is 2.21 bits per heavy atom. The normalized spacial score (nSPS) is 12.0. The Hall–Kier alpha value is 0.0400. The fourth-order valence-corrected chi connectivity index (χ4v) is 1.64. The van der Waals surface area contributed by atoms with Crippen LogP contribution in [-0.2, 0) is 10.3 Å². The van der Waals surface area contributed by atoms with Crippen molar-refractivity contribution in [3.63, 3.8) is 0 Å². The fourth-order valence-electron chi connectivity index (χ4n) is 1.17. The average Bonchev–Trinajstić information content (AvgIpc) is 2.52. The van der Waals surface area contributed by atoms with Gasteiger partial charge in [0.1, 0.15) is 0 Å². The van der Waals surface area contributed by atoms with Crippen molar-refractivity contribution >= 4 is 34.8 Å². The lowest BCUT2D eigenvalue weighted by atomic mass is 10.4. The molecule has 0 radical (unpaired) electrons. The molecule has 0 unspecified atom stereocenters. The number of rotatable bonds is 4. The van der Waals surface area contributed by atoms with Gasteiger partial charge in [-0.15, -0.1) is 0 Å². The van der Waals surface area contributed by atoms with Crippen molar-refractivity contribution in [3.05, 3.63) is 18.2 Å². The quantitative estimate of drug-likeness (QED) is 0.662. The van der Waals surface area contributed by atoms with Crippen LogP contribution in [0.4, 0.5) is 0 Å². The van der Waals surface area contributed by atoms with Crippen LogP contribution in [0.25, 0.3) is 0 Å². The van der Waals surface area contributed by atoms with E-state index in [-0.39, 0.29) is 0 Å². The van der Waals surface area contributed by atoms with E-state index in [1.807, 2.05) is 17.8 Å². The van der Waals surface area contributed by atoms with Crippen LogP contribution in [0.3, 0.4) is 0 Å². The molecule has 3 nitrogen and oxygen atoms in total. The number of imidazole rings is 1. The molecule has 0 fully saturated rings. The molecule has 1 aromatic rings. The van der Waals surface area contributed by atoms with Gasteiger partial charge < -0.3 is 9.88 Å². The zero-order chi connectivity index (χ0) is 10.6. The predicted octanol–water partition coefficient (Wildman–Crippen LogP) is 2.32. The van der Waals surface area contributed by atoms with Gasteiger partial charge >= 0.3 is 0 Å². The van der Waals surface area contributed by atoms with Gasteiger partial charge in [-0.25, -0.2) is 4.98 Å². The lowest BCUT2D eigenvalue weighted by Crippen LogP contribution is -2.15. The topological polar surface area (TPSA) is 29.9 Å². The van der Waals surface area contributed by atoms with E-state index in [0.29, 0.717) is 5.82 Å². The number of aryl methyl sites for hydroxylation is 1. The van der Waals surface area contributed by atoms with Gasteiger partial charge in [0.05, 0.1) is 0 Å². The number of aromatic nitrogens is 2. The first-order chi connectivity index (χ1) is 6.55. The molecule has 0 saturated carbocycles. The Kier molecular flexibility index (Phi) is 4.51. The molecule has 1 N–H and O–H groups in total. The number of nitrogens with zero attached hydrogens (tertiary/aromatic N) is 2. The highest BCUT2D eigenvalue weighted by Crippen LogP contribution is 2.36. The maximum absolute atomic E-state index is 5.75. The summed E-state index contributed by atoms with van der Waals surface area (Å²) in [5.74, 6) is 0.471. The molecular formula is C8H12Cl3N3. The number of hydrogen-bond donors (Lipinski definition) is 1. The summed E-state index contributed by atoms with van der Waals surface area (Å²) in [5, 5.41) is 3.06. The van der Waals surface area contributed by atoms with E-state index in [1.54, 1.807) is 6.20 Å². The molecule has 0 aromatic carbocycles. The Bertz CT molecular complexity index is 280. The molecule has 1 heterocycles. The molecule has 1 rings (SSSR count). The highest BCUT2D eigenvalue weighted by Gasteiger charge is 2.27. The maximum atomic E-state index is 5.75. The Morgan fingerprint density at radius 1 is 1.50 bits per heavy atom. The van der Waals surface area contributed by atoms with Gasteiger partial charge in [-0.3, -0.25) is 0 Å². The fraction of sp³-hybridized carbons (Fsp3) is 0.625. The number of hydrogen-bond acceptors (Lipinski definition) is 2. The number of halogens is 3. The number of alkyl halides is 3. The largest absolute Gasteiger partial charge is 0.331 e. The van der Waals surface area contributed by atoms with Gasteiger partial charge in [0.25, 0.3) is 0 Å². The summed E-state index contributed by atoms with van der Waals surface area (Å²) in [7, 11) is 1.91. The Balaban J connectivity index is 2.63. The van der Waals surface area contributed by atoms with Gasteiger partial charge in [-0.1, -0.05) is 34.8 Å². The van der Waals surface area contributed by atoms with Crippen molar-refractivity contribution in [1.82, 2.24) is 14.9 Å². The lowest BCUT2D eigenvalue weighted by molar-refractivity contribution is 0.593. The molecule has 0 aliphatic carbocycles. The zero-order valence-corrected chi connectivity index (χ0v) is 10.1. The molecule has 0 bridgehead atoms. The summed E-state index contributed by atoms with van der Waals surface area (Å²) in [5.41, 5.74) is 0. The van der Waals surface area contributed by atoms with Gasteiger partial charge in [-0.2, -0.15) is 0 Å². The third-order valence-electron chi connectivity index (χ3n) is 1.79. The second kappa shape index (κ2) is 5.21. The lowest BCUT2D eigenvalue weighted by Gasteiger charge is -2.13. The van der Waals surface area contributed by atoms with E-state index in [9.17, 15) is 0 Å². The molecule has 0 spiro atoms. The van der Waals surface area contributed by atoms with Crippen molar-refractivity contribution in [2.75, 3.05) is 13.6 Å². The SMILES string of the molecule is CNCCCn1ccnc1C(Cl)(Cl)Cl. The van der Waals surface area contributed by atoms with Crippen molar-refractivity contribution in [2.24, 2.45) is 0 Å². The van der Waals surface area contributed by atoms with Crippen molar-refractivity contribution in [3.8, 4) is 0 Å². The van der Waals surface area contributed by atoms with Crippen LogP contribution < -0.4 is 5.32 Å². The monoisotopic (exact) mass is 255 g/mol. The molecule has 0 atom stereocenters. The molecule has 6 heteroatoms. The molecule has 1 aromatic heterocycles. The first-order valence-corrected chi connectivity index (χ1v) is 5.42. The number of nitrogens with one attached hydrogen (secondary N) is 1. The van der Waals surface area contributed by atoms with E-state index >= 15 is 0 Å². The molecule has 0 aliphatic rings. The first-order valence-electron chi connectivity index (χ1n) is 4.28. The highest BCUT2D eigenvalue weighted by molar-refractivity contribution is 6.66. The van der Waals surface area contributed by atoms with Crippen LogP contribution in [-0.4, -0.2) is 23.1 Å². The summed E-state index contributed by atoms with van der Waals surface area (Å²) < 4.78 is 0.410. The minimum absolute atomic E-state index is 0.471. The van der Waals surface area contributed by atoms with Crippen molar-refractivity contribution in [1.29, 1.82) is 0 Å². The van der Waals surface area contributed by atoms with Crippen LogP contribution in [0.1, 0.15) is 12.2 Å². The van der Waals surface area contributed by atoms with Crippen LogP contribution >= 0.6 is 34.8 Å². The third-order valence-corrected chi connectivity index (χ3v) is 2.30. The second-order valence-corrected chi connectivity index (χ2v) is 5.18. The highest BCUT2D eigenvalue weighted by atomic mass is 35.6. The van der Waals surface area contributed by atoms with E-state index in [4.69, 9.17) is 34.8 Å². The van der Waals surface area contributed by atoms with Crippen LogP contribution in [0.15, 0.2) is 12.4 Å². The van der Waals surface area contributed by atoms with E-state index in [1.165, 1.54) is 0 Å². The second-order valence-electron chi connectivity index (χ2n) is 2.90. The standard InChI is InChI=1S/C8H12Cl3N3/c1-12-3-2-5-14-6-4-13-7(14)8(9,10)11/h4,6,12H,2-3,5H2,1H3. The van der Waals surface area contributed by atoms with Crippen molar-refractivity contribution < 1.29 is 0 Å². The molecule has 14 heavy (non-hydrogen) atoms. The maximum Gasteiger partial charge on any atom is 0.248 e. The molecule has 0 saturated heterocycles. The Labute approximate surface area is 98.4 Å². The zero-order valence-electron chi connectivity index (χ0n) is 7.80.